The van der Waals surface area contributed by atoms with Crippen molar-refractivity contribution < 1.29 is 14.5 Å². The Kier molecular flexibility index (Phi) is 4.77. The van der Waals surface area contributed by atoms with Crippen LogP contribution < -0.4 is 10.8 Å². The average Bonchev–Trinajstić information content (AvgIpc) is 3.26. The number of amides is 1. The Morgan fingerprint density at radius 3 is 2.74 bits per heavy atom. The highest BCUT2D eigenvalue weighted by molar-refractivity contribution is 7.13. The summed E-state index contributed by atoms with van der Waals surface area (Å²) in [6.45, 7) is 1.05. The number of hydroxylamine groups is 1. The largest absolute Gasteiger partial charge is 0.338 e. The van der Waals surface area contributed by atoms with E-state index in [-0.39, 0.29) is 0 Å². The Labute approximate surface area is 135 Å². The summed E-state index contributed by atoms with van der Waals surface area (Å²) in [5.41, 5.74) is 2.99. The maximum atomic E-state index is 11.2. The van der Waals surface area contributed by atoms with Crippen molar-refractivity contribution in [1.29, 1.82) is 0 Å². The van der Waals surface area contributed by atoms with Gasteiger partial charge in [0.25, 0.3) is 5.91 Å². The first kappa shape index (κ1) is 15.3. The Morgan fingerprint density at radius 1 is 1.22 bits per heavy atom. The third-order valence-corrected chi connectivity index (χ3v) is 4.00. The molecule has 118 valence electrons. The van der Waals surface area contributed by atoms with Gasteiger partial charge >= 0.3 is 0 Å². The van der Waals surface area contributed by atoms with Crippen LogP contribution in [0.15, 0.2) is 46.3 Å². The topological polar surface area (TPSA) is 100 Å². The van der Waals surface area contributed by atoms with E-state index in [0.717, 1.165) is 10.4 Å². The lowest BCUT2D eigenvalue weighted by atomic mass is 10.1. The number of thiophene rings is 1. The minimum absolute atomic E-state index is 0.397. The van der Waals surface area contributed by atoms with Crippen LogP contribution in [0.4, 0.5) is 0 Å². The molecule has 3 aromatic rings. The summed E-state index contributed by atoms with van der Waals surface area (Å²) in [7, 11) is 0. The van der Waals surface area contributed by atoms with Crippen LogP contribution in [0.1, 0.15) is 21.8 Å². The highest BCUT2D eigenvalue weighted by Crippen LogP contribution is 2.21. The normalized spacial score (nSPS) is 10.7. The molecule has 1 amide bonds. The second-order valence-corrected chi connectivity index (χ2v) is 5.68. The lowest BCUT2D eigenvalue weighted by Gasteiger charge is -2.03. The SMILES string of the molecule is O=C(NO)c1ccc(CNCc2nc(-c3cccs3)no2)cc1. The Balaban J connectivity index is 1.52. The molecule has 0 spiro atoms. The van der Waals surface area contributed by atoms with Gasteiger partial charge in [-0.25, -0.2) is 5.48 Å². The molecule has 0 aliphatic rings. The summed E-state index contributed by atoms with van der Waals surface area (Å²) < 4.78 is 5.19. The van der Waals surface area contributed by atoms with E-state index in [1.54, 1.807) is 28.9 Å². The molecular weight excluding hydrogens is 316 g/mol. The van der Waals surface area contributed by atoms with Crippen molar-refractivity contribution in [3.8, 4) is 10.7 Å². The standard InChI is InChI=1S/C15H14N4O3S/c20-15(18-21)11-5-3-10(4-6-11)8-16-9-13-17-14(19-22-13)12-2-1-7-23-12/h1-7,16,21H,8-9H2,(H,18,20). The molecule has 0 aliphatic heterocycles. The van der Waals surface area contributed by atoms with E-state index in [1.165, 1.54) is 0 Å². The predicted molar refractivity (Wildman–Crippen MR) is 83.8 cm³/mol. The quantitative estimate of drug-likeness (QED) is 0.473. The lowest BCUT2D eigenvalue weighted by Crippen LogP contribution is -2.18. The summed E-state index contributed by atoms with van der Waals surface area (Å²) >= 11 is 1.56. The van der Waals surface area contributed by atoms with Crippen molar-refractivity contribution in [2.75, 3.05) is 0 Å². The molecule has 2 aromatic heterocycles. The summed E-state index contributed by atoms with van der Waals surface area (Å²) in [5, 5.41) is 17.7. The highest BCUT2D eigenvalue weighted by Gasteiger charge is 2.09. The van der Waals surface area contributed by atoms with Crippen LogP contribution in [-0.2, 0) is 13.1 Å². The Hall–Kier alpha value is -2.55. The zero-order chi connectivity index (χ0) is 16.1. The zero-order valence-corrected chi connectivity index (χ0v) is 12.8. The van der Waals surface area contributed by atoms with Gasteiger partial charge in [0.05, 0.1) is 11.4 Å². The second-order valence-electron chi connectivity index (χ2n) is 4.73. The fourth-order valence-corrected chi connectivity index (χ4v) is 2.63. The number of benzene rings is 1. The van der Waals surface area contributed by atoms with Gasteiger partial charge in [0.2, 0.25) is 11.7 Å². The number of hydrogen-bond donors (Lipinski definition) is 3. The maximum Gasteiger partial charge on any atom is 0.274 e. The van der Waals surface area contributed by atoms with E-state index in [0.29, 0.717) is 30.4 Å². The summed E-state index contributed by atoms with van der Waals surface area (Å²) in [5.74, 6) is 0.581. The van der Waals surface area contributed by atoms with Gasteiger partial charge in [-0.05, 0) is 29.1 Å². The average molecular weight is 330 g/mol. The number of nitrogens with one attached hydrogen (secondary N) is 2. The summed E-state index contributed by atoms with van der Waals surface area (Å²) in [4.78, 5) is 16.5. The van der Waals surface area contributed by atoms with Crippen LogP contribution >= 0.6 is 11.3 Å². The molecular formula is C15H14N4O3S. The first-order valence-electron chi connectivity index (χ1n) is 6.87. The van der Waals surface area contributed by atoms with Crippen molar-refractivity contribution >= 4 is 17.2 Å². The third-order valence-electron chi connectivity index (χ3n) is 3.13. The number of carbonyl (C=O) groups is 1. The molecule has 2 heterocycles. The van der Waals surface area contributed by atoms with Crippen molar-refractivity contribution in [1.82, 2.24) is 20.9 Å². The first-order valence-corrected chi connectivity index (χ1v) is 7.75. The zero-order valence-electron chi connectivity index (χ0n) is 12.0. The molecule has 8 heteroatoms. The number of aromatic nitrogens is 2. The van der Waals surface area contributed by atoms with Gasteiger partial charge in [-0.1, -0.05) is 23.4 Å². The summed E-state index contributed by atoms with van der Waals surface area (Å²) in [6.07, 6.45) is 0. The van der Waals surface area contributed by atoms with Crippen LogP contribution in [0.5, 0.6) is 0 Å². The Bertz CT molecular complexity index is 768. The van der Waals surface area contributed by atoms with E-state index in [9.17, 15) is 4.79 Å². The highest BCUT2D eigenvalue weighted by atomic mass is 32.1. The maximum absolute atomic E-state index is 11.2. The van der Waals surface area contributed by atoms with Gasteiger partial charge in [-0.3, -0.25) is 10.0 Å². The molecule has 7 nitrogen and oxygen atoms in total. The van der Waals surface area contributed by atoms with Gasteiger partial charge < -0.3 is 9.84 Å². The number of hydrogen-bond acceptors (Lipinski definition) is 7. The molecule has 0 saturated carbocycles. The number of nitrogens with zero attached hydrogens (tertiary/aromatic N) is 2. The molecule has 0 fully saturated rings. The van der Waals surface area contributed by atoms with Crippen molar-refractivity contribution in [2.24, 2.45) is 0 Å². The number of rotatable bonds is 6. The molecule has 3 N–H and O–H groups in total. The van der Waals surface area contributed by atoms with Crippen LogP contribution in [0.25, 0.3) is 10.7 Å². The molecule has 0 bridgehead atoms. The van der Waals surface area contributed by atoms with Crippen LogP contribution in [0, 0.1) is 0 Å². The van der Waals surface area contributed by atoms with Gasteiger partial charge in [0.15, 0.2) is 0 Å². The van der Waals surface area contributed by atoms with Crippen molar-refractivity contribution in [2.45, 2.75) is 13.1 Å². The number of carbonyl (C=O) groups excluding carboxylic acids is 1. The fourth-order valence-electron chi connectivity index (χ4n) is 1.98. The van der Waals surface area contributed by atoms with Crippen LogP contribution in [0.3, 0.4) is 0 Å². The van der Waals surface area contributed by atoms with Crippen molar-refractivity contribution in [3.05, 3.63) is 58.8 Å². The predicted octanol–water partition coefficient (Wildman–Crippen LogP) is 2.21. The van der Waals surface area contributed by atoms with Gasteiger partial charge in [-0.15, -0.1) is 11.3 Å². The van der Waals surface area contributed by atoms with E-state index in [2.05, 4.69) is 15.5 Å². The molecule has 0 radical (unpaired) electrons. The minimum atomic E-state index is -0.531. The monoisotopic (exact) mass is 330 g/mol. The van der Waals surface area contributed by atoms with Gasteiger partial charge in [-0.2, -0.15) is 4.98 Å². The van der Waals surface area contributed by atoms with E-state index >= 15 is 0 Å². The molecule has 23 heavy (non-hydrogen) atoms. The molecule has 0 aliphatic carbocycles. The molecule has 1 aromatic carbocycles. The van der Waals surface area contributed by atoms with Gasteiger partial charge in [0.1, 0.15) is 0 Å². The lowest BCUT2D eigenvalue weighted by molar-refractivity contribution is 0.0706. The first-order chi connectivity index (χ1) is 11.3. The van der Waals surface area contributed by atoms with Crippen LogP contribution in [-0.4, -0.2) is 21.3 Å². The van der Waals surface area contributed by atoms with Crippen molar-refractivity contribution in [3.63, 3.8) is 0 Å². The molecule has 0 saturated heterocycles. The van der Waals surface area contributed by atoms with Crippen LogP contribution in [0.2, 0.25) is 0 Å². The van der Waals surface area contributed by atoms with E-state index < -0.39 is 5.91 Å². The molecule has 0 atom stereocenters. The molecule has 0 unspecified atom stereocenters. The molecule has 3 rings (SSSR count). The van der Waals surface area contributed by atoms with Gasteiger partial charge in [0, 0.05) is 12.1 Å². The smallest absolute Gasteiger partial charge is 0.274 e. The summed E-state index contributed by atoms with van der Waals surface area (Å²) in [6, 6.07) is 10.8. The third kappa shape index (κ3) is 3.81. The Morgan fingerprint density at radius 2 is 2.04 bits per heavy atom. The van der Waals surface area contributed by atoms with E-state index in [4.69, 9.17) is 9.73 Å². The fraction of sp³-hybridized carbons (Fsp3) is 0.133. The van der Waals surface area contributed by atoms with E-state index in [1.807, 2.05) is 29.6 Å². The minimum Gasteiger partial charge on any atom is -0.338 e. The second kappa shape index (κ2) is 7.14.